The molecule has 1 fully saturated rings. The van der Waals surface area contributed by atoms with Crippen LogP contribution in [0.5, 0.6) is 0 Å². The van der Waals surface area contributed by atoms with Crippen molar-refractivity contribution in [3.63, 3.8) is 0 Å². The number of nitrogens with zero attached hydrogens (tertiary/aromatic N) is 1. The maximum absolute atomic E-state index is 5.74. The number of rotatable bonds is 6. The van der Waals surface area contributed by atoms with E-state index in [2.05, 4.69) is 17.2 Å². The Labute approximate surface area is 115 Å². The van der Waals surface area contributed by atoms with Gasteiger partial charge in [0.25, 0.3) is 0 Å². The van der Waals surface area contributed by atoms with Crippen LogP contribution in [0.15, 0.2) is 4.99 Å². The standard InChI is InChI=1S/C11H23N3O.HI/c1-3-4-8-13-10(12)14-9-11(15-2)6-5-7-11;/h3-9H2,1-2H3,(H3,12,13,14);1H. The number of halogens is 1. The zero-order chi connectivity index (χ0) is 11.1. The van der Waals surface area contributed by atoms with Crippen LogP contribution in [0.3, 0.4) is 0 Å². The van der Waals surface area contributed by atoms with Gasteiger partial charge in [0.05, 0.1) is 12.1 Å². The van der Waals surface area contributed by atoms with Crippen molar-refractivity contribution in [1.82, 2.24) is 5.32 Å². The molecule has 16 heavy (non-hydrogen) atoms. The third kappa shape index (κ3) is 4.86. The zero-order valence-electron chi connectivity index (χ0n) is 10.3. The summed E-state index contributed by atoms with van der Waals surface area (Å²) >= 11 is 0. The zero-order valence-corrected chi connectivity index (χ0v) is 12.6. The molecule has 0 bridgehead atoms. The van der Waals surface area contributed by atoms with Gasteiger partial charge in [0, 0.05) is 13.7 Å². The molecule has 0 aromatic heterocycles. The molecule has 0 aliphatic heterocycles. The molecule has 0 spiro atoms. The summed E-state index contributed by atoms with van der Waals surface area (Å²) < 4.78 is 5.46. The van der Waals surface area contributed by atoms with Crippen LogP contribution in [0.2, 0.25) is 0 Å². The maximum Gasteiger partial charge on any atom is 0.188 e. The number of nitrogens with two attached hydrogens (primary N) is 1. The monoisotopic (exact) mass is 341 g/mol. The van der Waals surface area contributed by atoms with Crippen LogP contribution in [0.25, 0.3) is 0 Å². The minimum Gasteiger partial charge on any atom is -0.376 e. The number of methoxy groups -OCH3 is 1. The molecule has 1 saturated carbocycles. The summed E-state index contributed by atoms with van der Waals surface area (Å²) in [5.74, 6) is 0.548. The largest absolute Gasteiger partial charge is 0.376 e. The summed E-state index contributed by atoms with van der Waals surface area (Å²) in [4.78, 5) is 4.32. The van der Waals surface area contributed by atoms with Crippen molar-refractivity contribution in [3.8, 4) is 0 Å². The summed E-state index contributed by atoms with van der Waals surface area (Å²) in [6.07, 6.45) is 5.75. The second kappa shape index (κ2) is 8.11. The Morgan fingerprint density at radius 2 is 2.19 bits per heavy atom. The minimum absolute atomic E-state index is 0. The maximum atomic E-state index is 5.74. The van der Waals surface area contributed by atoms with E-state index in [1.54, 1.807) is 7.11 Å². The highest BCUT2D eigenvalue weighted by Crippen LogP contribution is 2.35. The topological polar surface area (TPSA) is 59.6 Å². The molecule has 0 atom stereocenters. The van der Waals surface area contributed by atoms with E-state index in [4.69, 9.17) is 10.5 Å². The summed E-state index contributed by atoms with van der Waals surface area (Å²) in [6.45, 7) is 3.75. The van der Waals surface area contributed by atoms with E-state index in [0.29, 0.717) is 12.5 Å². The Morgan fingerprint density at radius 3 is 2.62 bits per heavy atom. The molecular weight excluding hydrogens is 317 g/mol. The van der Waals surface area contributed by atoms with Gasteiger partial charge < -0.3 is 15.8 Å². The number of hydrogen-bond donors (Lipinski definition) is 2. The van der Waals surface area contributed by atoms with Gasteiger partial charge in [-0.2, -0.15) is 0 Å². The van der Waals surface area contributed by atoms with Crippen molar-refractivity contribution < 1.29 is 4.74 Å². The van der Waals surface area contributed by atoms with Crippen LogP contribution in [0.1, 0.15) is 39.0 Å². The highest BCUT2D eigenvalue weighted by Gasteiger charge is 2.36. The third-order valence-corrected chi connectivity index (χ3v) is 3.07. The molecule has 0 aromatic carbocycles. The molecule has 1 aliphatic rings. The van der Waals surface area contributed by atoms with Gasteiger partial charge in [-0.3, -0.25) is 4.99 Å². The number of hydrogen-bond acceptors (Lipinski definition) is 2. The molecule has 0 saturated heterocycles. The normalized spacial score (nSPS) is 18.5. The van der Waals surface area contributed by atoms with Gasteiger partial charge in [0.2, 0.25) is 0 Å². The average Bonchev–Trinajstić information content (AvgIpc) is 2.17. The van der Waals surface area contributed by atoms with Crippen molar-refractivity contribution in [1.29, 1.82) is 0 Å². The lowest BCUT2D eigenvalue weighted by Gasteiger charge is -2.39. The Hall–Kier alpha value is -0.0400. The molecule has 3 N–H and O–H groups in total. The molecule has 96 valence electrons. The first kappa shape index (κ1) is 16.0. The van der Waals surface area contributed by atoms with Crippen LogP contribution < -0.4 is 11.1 Å². The lowest BCUT2D eigenvalue weighted by Crippen LogP contribution is -2.43. The number of aliphatic imine (C=N–C) groups is 1. The van der Waals surface area contributed by atoms with Gasteiger partial charge in [-0.25, -0.2) is 0 Å². The van der Waals surface area contributed by atoms with Crippen molar-refractivity contribution >= 4 is 29.9 Å². The first-order chi connectivity index (χ1) is 7.22. The van der Waals surface area contributed by atoms with E-state index in [-0.39, 0.29) is 29.6 Å². The summed E-state index contributed by atoms with van der Waals surface area (Å²) in [5, 5.41) is 3.10. The number of guanidine groups is 1. The predicted molar refractivity (Wildman–Crippen MR) is 78.4 cm³/mol. The first-order valence-corrected chi connectivity index (χ1v) is 5.81. The van der Waals surface area contributed by atoms with Gasteiger partial charge in [-0.1, -0.05) is 13.3 Å². The van der Waals surface area contributed by atoms with Crippen LogP contribution in [-0.4, -0.2) is 31.8 Å². The molecule has 0 unspecified atom stereocenters. The van der Waals surface area contributed by atoms with E-state index in [9.17, 15) is 0 Å². The van der Waals surface area contributed by atoms with E-state index in [1.807, 2.05) is 0 Å². The van der Waals surface area contributed by atoms with Crippen molar-refractivity contribution in [2.24, 2.45) is 10.7 Å². The van der Waals surface area contributed by atoms with Gasteiger partial charge in [-0.15, -0.1) is 24.0 Å². The summed E-state index contributed by atoms with van der Waals surface area (Å²) in [6, 6.07) is 0. The van der Waals surface area contributed by atoms with Crippen LogP contribution >= 0.6 is 24.0 Å². The van der Waals surface area contributed by atoms with Gasteiger partial charge in [-0.05, 0) is 25.7 Å². The van der Waals surface area contributed by atoms with Crippen molar-refractivity contribution in [2.45, 2.75) is 44.6 Å². The molecule has 5 heteroatoms. The predicted octanol–water partition coefficient (Wildman–Crippen LogP) is 1.88. The third-order valence-electron chi connectivity index (χ3n) is 3.07. The molecule has 1 aliphatic carbocycles. The molecule has 0 radical (unpaired) electrons. The van der Waals surface area contributed by atoms with E-state index in [0.717, 1.165) is 25.8 Å². The number of ether oxygens (including phenoxy) is 1. The molecule has 0 amide bonds. The fourth-order valence-electron chi connectivity index (χ4n) is 1.68. The number of unbranched alkanes of at least 4 members (excludes halogenated alkanes) is 1. The lowest BCUT2D eigenvalue weighted by molar-refractivity contribution is -0.0630. The van der Waals surface area contributed by atoms with Gasteiger partial charge in [0.15, 0.2) is 5.96 Å². The molecule has 1 rings (SSSR count). The quantitative estimate of drug-likeness (QED) is 0.336. The van der Waals surface area contributed by atoms with Crippen LogP contribution in [0.4, 0.5) is 0 Å². The highest BCUT2D eigenvalue weighted by atomic mass is 127. The fraction of sp³-hybridized carbons (Fsp3) is 0.909. The molecule has 4 nitrogen and oxygen atoms in total. The highest BCUT2D eigenvalue weighted by molar-refractivity contribution is 14.0. The smallest absolute Gasteiger partial charge is 0.188 e. The first-order valence-electron chi connectivity index (χ1n) is 5.81. The van der Waals surface area contributed by atoms with Crippen LogP contribution in [-0.2, 0) is 4.74 Å². The minimum atomic E-state index is -0.0168. The average molecular weight is 341 g/mol. The van der Waals surface area contributed by atoms with Gasteiger partial charge in [0.1, 0.15) is 0 Å². The van der Waals surface area contributed by atoms with E-state index >= 15 is 0 Å². The summed E-state index contributed by atoms with van der Waals surface area (Å²) in [5.41, 5.74) is 5.72. The van der Waals surface area contributed by atoms with E-state index < -0.39 is 0 Å². The van der Waals surface area contributed by atoms with Crippen molar-refractivity contribution in [3.05, 3.63) is 0 Å². The Balaban J connectivity index is 0.00000225. The van der Waals surface area contributed by atoms with E-state index in [1.165, 1.54) is 12.8 Å². The SMILES string of the molecule is CCCCNC(N)=NCC1(OC)CCC1.I. The Kier molecular flexibility index (Phi) is 8.09. The summed E-state index contributed by atoms with van der Waals surface area (Å²) in [7, 11) is 1.76. The lowest BCUT2D eigenvalue weighted by atomic mass is 9.80. The Bertz CT molecular complexity index is 212. The van der Waals surface area contributed by atoms with Crippen LogP contribution in [0, 0.1) is 0 Å². The second-order valence-corrected chi connectivity index (χ2v) is 4.22. The fourth-order valence-corrected chi connectivity index (χ4v) is 1.68. The Morgan fingerprint density at radius 1 is 1.50 bits per heavy atom. The second-order valence-electron chi connectivity index (χ2n) is 4.22. The molecule has 0 heterocycles. The molecular formula is C11H24IN3O. The van der Waals surface area contributed by atoms with Gasteiger partial charge >= 0.3 is 0 Å². The number of nitrogens with one attached hydrogen (secondary N) is 1. The van der Waals surface area contributed by atoms with Crippen molar-refractivity contribution in [2.75, 3.05) is 20.2 Å². The molecule has 0 aromatic rings.